The zero-order chi connectivity index (χ0) is 24.9. The first-order chi connectivity index (χ1) is 17.4. The number of aryl methyl sites for hydroxylation is 1. The summed E-state index contributed by atoms with van der Waals surface area (Å²) < 4.78 is 13.0. The van der Waals surface area contributed by atoms with Crippen LogP contribution in [0.1, 0.15) is 76.7 Å². The summed E-state index contributed by atoms with van der Waals surface area (Å²) in [7, 11) is 0. The van der Waals surface area contributed by atoms with Gasteiger partial charge in [0.15, 0.2) is 0 Å². The number of hydrogen-bond donors (Lipinski definition) is 2. The van der Waals surface area contributed by atoms with E-state index in [1.54, 1.807) is 18.2 Å². The van der Waals surface area contributed by atoms with Crippen molar-refractivity contribution in [2.75, 3.05) is 0 Å². The van der Waals surface area contributed by atoms with E-state index in [4.69, 9.17) is 9.26 Å². The summed E-state index contributed by atoms with van der Waals surface area (Å²) in [6.07, 6.45) is 4.82. The third kappa shape index (κ3) is 4.34. The molecule has 0 radical (unpaired) electrons. The van der Waals surface area contributed by atoms with Crippen LogP contribution in [0.5, 0.6) is 0 Å². The Morgan fingerprint density at radius 3 is 2.67 bits per heavy atom. The molecule has 2 aliphatic rings. The Morgan fingerprint density at radius 1 is 1.17 bits per heavy atom. The quantitative estimate of drug-likeness (QED) is 0.309. The highest BCUT2D eigenvalue weighted by Crippen LogP contribution is 2.45. The molecular weight excluding hydrogens is 476 g/mol. The van der Waals surface area contributed by atoms with Crippen molar-refractivity contribution in [3.05, 3.63) is 69.9 Å². The number of fused-ring (bicyclic) bond motifs is 1. The monoisotopic (exact) mass is 504 g/mol. The molecule has 2 heterocycles. The Kier molecular flexibility index (Phi) is 5.90. The van der Waals surface area contributed by atoms with E-state index in [2.05, 4.69) is 29.2 Å². The summed E-state index contributed by atoms with van der Waals surface area (Å²) in [6, 6.07) is 13.1. The molecule has 2 aliphatic carbocycles. The molecule has 186 valence electrons. The first kappa shape index (κ1) is 23.3. The van der Waals surface area contributed by atoms with Crippen molar-refractivity contribution in [3.8, 4) is 11.3 Å². The zero-order valence-electron chi connectivity index (χ0n) is 20.1. The van der Waals surface area contributed by atoms with E-state index in [9.17, 15) is 15.0 Å². The second kappa shape index (κ2) is 9.10. The van der Waals surface area contributed by atoms with Crippen LogP contribution in [0, 0.1) is 6.92 Å². The van der Waals surface area contributed by atoms with Crippen molar-refractivity contribution < 1.29 is 24.3 Å². The van der Waals surface area contributed by atoms with E-state index in [-0.39, 0.29) is 11.7 Å². The van der Waals surface area contributed by atoms with Crippen molar-refractivity contribution >= 4 is 27.5 Å². The van der Waals surface area contributed by atoms with Gasteiger partial charge in [-0.25, -0.2) is 9.78 Å². The summed E-state index contributed by atoms with van der Waals surface area (Å²) >= 11 is 1.37. The second-order valence-corrected chi connectivity index (χ2v) is 11.0. The molecule has 2 aromatic carbocycles. The number of aromatic nitrogens is 2. The van der Waals surface area contributed by atoms with Crippen LogP contribution in [0.25, 0.3) is 21.5 Å². The number of nitrogens with zero attached hydrogens (tertiary/aromatic N) is 2. The van der Waals surface area contributed by atoms with Crippen molar-refractivity contribution in [2.24, 2.45) is 0 Å². The fourth-order valence-corrected chi connectivity index (χ4v) is 6.24. The lowest BCUT2D eigenvalue weighted by Gasteiger charge is -2.34. The second-order valence-electron chi connectivity index (χ2n) is 10.0. The number of benzene rings is 2. The Hall–Kier alpha value is -3.07. The standard InChI is InChI=1S/C28H28N2O5S/c1-16-4-2-3-5-20(16)24-21(25(35-30-24)17-6-7-17)15-34-19-10-12-28(33,13-11-19)27-29-22-9-8-18(26(31)32)14-23(22)36-27/h2-5,8-9,14,17,19,33H,6-7,10-13,15H2,1H3,(H,31,32). The zero-order valence-corrected chi connectivity index (χ0v) is 20.9. The lowest BCUT2D eigenvalue weighted by atomic mass is 9.83. The van der Waals surface area contributed by atoms with Gasteiger partial charge in [-0.2, -0.15) is 0 Å². The van der Waals surface area contributed by atoms with Crippen molar-refractivity contribution in [1.29, 1.82) is 0 Å². The molecule has 4 aromatic rings. The highest BCUT2D eigenvalue weighted by atomic mass is 32.1. The Labute approximate surface area is 212 Å². The number of aromatic carboxylic acids is 1. The van der Waals surface area contributed by atoms with Crippen LogP contribution in [0.4, 0.5) is 0 Å². The molecule has 36 heavy (non-hydrogen) atoms. The van der Waals surface area contributed by atoms with Crippen LogP contribution in [0.2, 0.25) is 0 Å². The molecule has 2 saturated carbocycles. The third-order valence-corrected chi connectivity index (χ3v) is 8.64. The molecule has 0 unspecified atom stereocenters. The van der Waals surface area contributed by atoms with Gasteiger partial charge in [-0.1, -0.05) is 29.4 Å². The number of aliphatic hydroxyl groups is 1. The molecule has 0 atom stereocenters. The topological polar surface area (TPSA) is 106 Å². The number of thiazole rings is 1. The van der Waals surface area contributed by atoms with Gasteiger partial charge in [-0.15, -0.1) is 11.3 Å². The smallest absolute Gasteiger partial charge is 0.335 e. The maximum absolute atomic E-state index is 11.4. The van der Waals surface area contributed by atoms with E-state index in [1.165, 1.54) is 11.3 Å². The Bertz CT molecular complexity index is 1430. The molecule has 0 spiro atoms. The number of rotatable bonds is 7. The van der Waals surface area contributed by atoms with Crippen LogP contribution in [0.15, 0.2) is 47.0 Å². The number of carboxylic acids is 1. The minimum Gasteiger partial charge on any atom is -0.478 e. The van der Waals surface area contributed by atoms with Gasteiger partial charge in [0.2, 0.25) is 0 Å². The summed E-state index contributed by atoms with van der Waals surface area (Å²) in [5, 5.41) is 25.7. The molecule has 7 nitrogen and oxygen atoms in total. The van der Waals surface area contributed by atoms with Gasteiger partial charge in [0.1, 0.15) is 22.1 Å². The minimum absolute atomic E-state index is 0.0324. The highest BCUT2D eigenvalue weighted by Gasteiger charge is 2.39. The summed E-state index contributed by atoms with van der Waals surface area (Å²) in [5.41, 5.74) is 4.08. The molecule has 2 N–H and O–H groups in total. The molecule has 0 bridgehead atoms. The Morgan fingerprint density at radius 2 is 1.94 bits per heavy atom. The van der Waals surface area contributed by atoms with E-state index in [1.807, 2.05) is 12.1 Å². The number of carboxylic acid groups (broad SMARTS) is 1. The predicted molar refractivity (Wildman–Crippen MR) is 136 cm³/mol. The molecule has 0 saturated heterocycles. The van der Waals surface area contributed by atoms with Gasteiger partial charge in [-0.3, -0.25) is 0 Å². The summed E-state index contributed by atoms with van der Waals surface area (Å²) in [4.78, 5) is 15.9. The van der Waals surface area contributed by atoms with Crippen molar-refractivity contribution in [3.63, 3.8) is 0 Å². The van der Waals surface area contributed by atoms with Gasteiger partial charge < -0.3 is 19.5 Å². The van der Waals surface area contributed by atoms with E-state index in [0.29, 0.717) is 30.4 Å². The fourth-order valence-electron chi connectivity index (χ4n) is 5.09. The number of ether oxygens (including phenoxy) is 1. The molecule has 2 fully saturated rings. The first-order valence-corrected chi connectivity index (χ1v) is 13.3. The number of carbonyl (C=O) groups is 1. The summed E-state index contributed by atoms with van der Waals surface area (Å²) in [6.45, 7) is 2.53. The van der Waals surface area contributed by atoms with E-state index >= 15 is 0 Å². The average molecular weight is 505 g/mol. The molecule has 2 aromatic heterocycles. The van der Waals surface area contributed by atoms with Gasteiger partial charge in [-0.05, 0) is 69.2 Å². The van der Waals surface area contributed by atoms with Gasteiger partial charge in [0.25, 0.3) is 0 Å². The number of hydrogen-bond acceptors (Lipinski definition) is 7. The Balaban J connectivity index is 1.15. The van der Waals surface area contributed by atoms with Crippen LogP contribution in [-0.4, -0.2) is 32.4 Å². The minimum atomic E-state index is -1.02. The van der Waals surface area contributed by atoms with Crippen LogP contribution < -0.4 is 0 Å². The molecule has 8 heteroatoms. The predicted octanol–water partition coefficient (Wildman–Crippen LogP) is 6.18. The maximum atomic E-state index is 11.4. The SMILES string of the molecule is Cc1ccccc1-c1noc(C2CC2)c1COC1CCC(O)(c2nc3ccc(C(=O)O)cc3s2)CC1. The third-order valence-electron chi connectivity index (χ3n) is 7.42. The van der Waals surface area contributed by atoms with Gasteiger partial charge in [0, 0.05) is 17.0 Å². The fraction of sp³-hybridized carbons (Fsp3) is 0.393. The van der Waals surface area contributed by atoms with E-state index in [0.717, 1.165) is 64.0 Å². The van der Waals surface area contributed by atoms with Gasteiger partial charge in [0.05, 0.1) is 28.5 Å². The van der Waals surface area contributed by atoms with Crippen molar-refractivity contribution in [1.82, 2.24) is 10.1 Å². The molecule has 0 amide bonds. The van der Waals surface area contributed by atoms with Crippen LogP contribution in [0.3, 0.4) is 0 Å². The largest absolute Gasteiger partial charge is 0.478 e. The molecule has 6 rings (SSSR count). The lowest BCUT2D eigenvalue weighted by molar-refractivity contribution is -0.0640. The van der Waals surface area contributed by atoms with Crippen molar-refractivity contribution in [2.45, 2.75) is 69.7 Å². The normalized spacial score (nSPS) is 22.2. The first-order valence-electron chi connectivity index (χ1n) is 12.4. The van der Waals surface area contributed by atoms with Crippen LogP contribution in [-0.2, 0) is 16.9 Å². The maximum Gasteiger partial charge on any atom is 0.335 e. The lowest BCUT2D eigenvalue weighted by Crippen LogP contribution is -2.34. The van der Waals surface area contributed by atoms with E-state index < -0.39 is 11.6 Å². The highest BCUT2D eigenvalue weighted by molar-refractivity contribution is 7.18. The average Bonchev–Trinajstić information content (AvgIpc) is 3.48. The summed E-state index contributed by atoms with van der Waals surface area (Å²) in [5.74, 6) is 0.424. The van der Waals surface area contributed by atoms with Gasteiger partial charge >= 0.3 is 5.97 Å². The molecular formula is C28H28N2O5S. The van der Waals surface area contributed by atoms with Crippen LogP contribution >= 0.6 is 11.3 Å². The molecule has 0 aliphatic heterocycles.